The molecule has 0 heterocycles. The van der Waals surface area contributed by atoms with Crippen LogP contribution in [0.15, 0.2) is 42.0 Å². The molecule has 1 aromatic rings. The van der Waals surface area contributed by atoms with E-state index >= 15 is 0 Å². The van der Waals surface area contributed by atoms with Gasteiger partial charge in [0.2, 0.25) is 5.91 Å². The molecule has 20 heavy (non-hydrogen) atoms. The fourth-order valence-electron chi connectivity index (χ4n) is 2.68. The van der Waals surface area contributed by atoms with E-state index in [0.29, 0.717) is 6.54 Å². The lowest BCUT2D eigenvalue weighted by Gasteiger charge is -2.24. The average molecular weight is 272 g/mol. The van der Waals surface area contributed by atoms with E-state index in [2.05, 4.69) is 11.4 Å². The van der Waals surface area contributed by atoms with E-state index in [1.165, 1.54) is 18.4 Å². The highest BCUT2D eigenvalue weighted by Gasteiger charge is 2.22. The van der Waals surface area contributed by atoms with Gasteiger partial charge in [0.15, 0.2) is 0 Å². The van der Waals surface area contributed by atoms with E-state index < -0.39 is 0 Å². The van der Waals surface area contributed by atoms with Crippen molar-refractivity contribution in [3.63, 3.8) is 0 Å². The van der Waals surface area contributed by atoms with Gasteiger partial charge in [-0.05, 0) is 45.3 Å². The van der Waals surface area contributed by atoms with Crippen LogP contribution in [0.5, 0.6) is 0 Å². The lowest BCUT2D eigenvalue weighted by atomic mass is 9.99. The molecule has 0 bridgehead atoms. The predicted molar refractivity (Wildman–Crippen MR) is 82.4 cm³/mol. The van der Waals surface area contributed by atoms with Crippen molar-refractivity contribution in [2.75, 3.05) is 20.6 Å². The zero-order chi connectivity index (χ0) is 14.4. The Labute approximate surface area is 121 Å². The van der Waals surface area contributed by atoms with Gasteiger partial charge in [0.25, 0.3) is 0 Å². The number of carbonyl (C=O) groups is 1. The lowest BCUT2D eigenvalue weighted by molar-refractivity contribution is -0.125. The maximum absolute atomic E-state index is 12.4. The third kappa shape index (κ3) is 3.94. The summed E-state index contributed by atoms with van der Waals surface area (Å²) in [5.41, 5.74) is 2.41. The van der Waals surface area contributed by atoms with Crippen LogP contribution in [0.3, 0.4) is 0 Å². The molecule has 0 aromatic heterocycles. The molecular weight excluding hydrogens is 248 g/mol. The summed E-state index contributed by atoms with van der Waals surface area (Å²) in [7, 11) is 3.88. The zero-order valence-electron chi connectivity index (χ0n) is 12.4. The Balaban J connectivity index is 1.99. The molecule has 0 saturated carbocycles. The number of hydrogen-bond acceptors (Lipinski definition) is 2. The van der Waals surface area contributed by atoms with E-state index in [1.807, 2.05) is 49.3 Å². The van der Waals surface area contributed by atoms with Crippen molar-refractivity contribution in [3.05, 3.63) is 47.5 Å². The highest BCUT2D eigenvalue weighted by molar-refractivity contribution is 5.83. The average Bonchev–Trinajstić information content (AvgIpc) is 2.47. The minimum atomic E-state index is -0.222. The molecule has 0 unspecified atom stereocenters. The van der Waals surface area contributed by atoms with Crippen molar-refractivity contribution in [2.45, 2.75) is 31.7 Å². The normalized spacial score (nSPS) is 16.6. The van der Waals surface area contributed by atoms with Crippen molar-refractivity contribution < 1.29 is 4.79 Å². The number of carbonyl (C=O) groups excluding carboxylic acids is 1. The van der Waals surface area contributed by atoms with Crippen LogP contribution in [0.25, 0.3) is 0 Å². The molecule has 1 aromatic carbocycles. The van der Waals surface area contributed by atoms with Gasteiger partial charge in [-0.2, -0.15) is 0 Å². The van der Waals surface area contributed by atoms with Gasteiger partial charge in [-0.15, -0.1) is 0 Å². The van der Waals surface area contributed by atoms with Crippen molar-refractivity contribution in [2.24, 2.45) is 0 Å². The van der Waals surface area contributed by atoms with E-state index in [1.54, 1.807) is 0 Å². The Bertz CT molecular complexity index is 465. The number of rotatable bonds is 5. The van der Waals surface area contributed by atoms with Crippen LogP contribution in [0.2, 0.25) is 0 Å². The highest BCUT2D eigenvalue weighted by Crippen LogP contribution is 2.19. The quantitative estimate of drug-likeness (QED) is 0.836. The predicted octanol–water partition coefficient (Wildman–Crippen LogP) is 2.91. The number of benzene rings is 1. The van der Waals surface area contributed by atoms with E-state index in [9.17, 15) is 4.79 Å². The third-order valence-electron chi connectivity index (χ3n) is 3.75. The molecule has 1 N–H and O–H groups in total. The summed E-state index contributed by atoms with van der Waals surface area (Å²) in [6, 6.07) is 9.71. The van der Waals surface area contributed by atoms with Gasteiger partial charge in [-0.25, -0.2) is 0 Å². The largest absolute Gasteiger partial charge is 0.351 e. The summed E-state index contributed by atoms with van der Waals surface area (Å²) in [6.45, 7) is 0.690. The van der Waals surface area contributed by atoms with Gasteiger partial charge in [-0.3, -0.25) is 9.69 Å². The van der Waals surface area contributed by atoms with Gasteiger partial charge >= 0.3 is 0 Å². The molecular formula is C17H24N2O. The molecule has 0 aliphatic heterocycles. The second-order valence-electron chi connectivity index (χ2n) is 5.60. The lowest BCUT2D eigenvalue weighted by Crippen LogP contribution is -2.38. The van der Waals surface area contributed by atoms with Crippen molar-refractivity contribution >= 4 is 5.91 Å². The van der Waals surface area contributed by atoms with E-state index in [4.69, 9.17) is 0 Å². The summed E-state index contributed by atoms with van der Waals surface area (Å²) in [5, 5.41) is 3.08. The minimum Gasteiger partial charge on any atom is -0.351 e. The summed E-state index contributed by atoms with van der Waals surface area (Å²) in [5.74, 6) is 0.0765. The Morgan fingerprint density at radius 3 is 2.60 bits per heavy atom. The molecule has 3 nitrogen and oxygen atoms in total. The number of amides is 1. The molecule has 0 radical (unpaired) electrons. The molecule has 1 atom stereocenters. The van der Waals surface area contributed by atoms with Crippen LogP contribution in [-0.4, -0.2) is 31.4 Å². The molecule has 2 rings (SSSR count). The maximum atomic E-state index is 12.4. The third-order valence-corrected chi connectivity index (χ3v) is 3.75. The second kappa shape index (κ2) is 7.25. The van der Waals surface area contributed by atoms with Crippen LogP contribution in [0.4, 0.5) is 0 Å². The molecule has 1 amide bonds. The monoisotopic (exact) mass is 272 g/mol. The van der Waals surface area contributed by atoms with Crippen LogP contribution in [0, 0.1) is 0 Å². The van der Waals surface area contributed by atoms with Crippen molar-refractivity contribution in [1.29, 1.82) is 0 Å². The van der Waals surface area contributed by atoms with Crippen LogP contribution in [-0.2, 0) is 4.79 Å². The minimum absolute atomic E-state index is 0.0765. The zero-order valence-corrected chi connectivity index (χ0v) is 12.4. The first-order valence-corrected chi connectivity index (χ1v) is 7.35. The number of nitrogens with one attached hydrogen (secondary N) is 1. The van der Waals surface area contributed by atoms with E-state index in [0.717, 1.165) is 18.4 Å². The molecule has 0 fully saturated rings. The number of nitrogens with zero attached hydrogens (tertiary/aromatic N) is 1. The smallest absolute Gasteiger partial charge is 0.242 e. The fourth-order valence-corrected chi connectivity index (χ4v) is 2.68. The SMILES string of the molecule is CN(C)[C@@H](C(=O)NCC1=CCCCC1)c1ccccc1. The summed E-state index contributed by atoms with van der Waals surface area (Å²) in [4.78, 5) is 14.4. The fraction of sp³-hybridized carbons (Fsp3) is 0.471. The van der Waals surface area contributed by atoms with Crippen LogP contribution < -0.4 is 5.32 Å². The molecule has 0 spiro atoms. The standard InChI is InChI=1S/C17H24N2O/c1-19(2)16(15-11-7-4-8-12-15)17(20)18-13-14-9-5-3-6-10-14/h4,7-9,11-12,16H,3,5-6,10,13H2,1-2H3,(H,18,20)/t16-/m1/s1. The molecule has 108 valence electrons. The Morgan fingerprint density at radius 2 is 2.00 bits per heavy atom. The number of allylic oxidation sites excluding steroid dienone is 1. The van der Waals surface area contributed by atoms with Gasteiger partial charge in [0.1, 0.15) is 6.04 Å². The summed E-state index contributed by atoms with van der Waals surface area (Å²) in [6.07, 6.45) is 7.08. The number of likely N-dealkylation sites (N-methyl/N-ethyl adjacent to an activating group) is 1. The summed E-state index contributed by atoms with van der Waals surface area (Å²) < 4.78 is 0. The van der Waals surface area contributed by atoms with Crippen molar-refractivity contribution in [1.82, 2.24) is 10.2 Å². The highest BCUT2D eigenvalue weighted by atomic mass is 16.2. The molecule has 3 heteroatoms. The van der Waals surface area contributed by atoms with Gasteiger partial charge in [-0.1, -0.05) is 42.0 Å². The van der Waals surface area contributed by atoms with Crippen LogP contribution in [0.1, 0.15) is 37.3 Å². The van der Waals surface area contributed by atoms with Gasteiger partial charge in [0.05, 0.1) is 0 Å². The molecule has 1 aliphatic rings. The Morgan fingerprint density at radius 1 is 1.25 bits per heavy atom. The second-order valence-corrected chi connectivity index (χ2v) is 5.60. The molecule has 1 aliphatic carbocycles. The van der Waals surface area contributed by atoms with Gasteiger partial charge in [0, 0.05) is 6.54 Å². The van der Waals surface area contributed by atoms with Gasteiger partial charge < -0.3 is 5.32 Å². The first kappa shape index (κ1) is 14.8. The maximum Gasteiger partial charge on any atom is 0.242 e. The Hall–Kier alpha value is -1.61. The first-order valence-electron chi connectivity index (χ1n) is 7.35. The van der Waals surface area contributed by atoms with Crippen molar-refractivity contribution in [3.8, 4) is 0 Å². The topological polar surface area (TPSA) is 32.3 Å². The Kier molecular flexibility index (Phi) is 5.36. The first-order chi connectivity index (χ1) is 9.68. The van der Waals surface area contributed by atoms with Crippen LogP contribution >= 0.6 is 0 Å². The summed E-state index contributed by atoms with van der Waals surface area (Å²) >= 11 is 0. The number of hydrogen-bond donors (Lipinski definition) is 1. The molecule has 0 saturated heterocycles. The van der Waals surface area contributed by atoms with E-state index in [-0.39, 0.29) is 11.9 Å².